The molecule has 1 fully saturated rings. The molecule has 0 spiro atoms. The van der Waals surface area contributed by atoms with Gasteiger partial charge in [-0.05, 0) is 45.4 Å². The lowest BCUT2D eigenvalue weighted by molar-refractivity contribution is 0.00445. The lowest BCUT2D eigenvalue weighted by atomic mass is 10.1. The van der Waals surface area contributed by atoms with Crippen molar-refractivity contribution in [3.63, 3.8) is 0 Å². The second kappa shape index (κ2) is 9.84. The summed E-state index contributed by atoms with van der Waals surface area (Å²) >= 11 is 3.70. The van der Waals surface area contributed by atoms with Crippen LogP contribution in [0.2, 0.25) is 0 Å². The van der Waals surface area contributed by atoms with Crippen LogP contribution in [-0.2, 0) is 17.9 Å². The highest BCUT2D eigenvalue weighted by molar-refractivity contribution is 9.10. The molecule has 0 aliphatic carbocycles. The number of ether oxygens (including phenoxy) is 2. The summed E-state index contributed by atoms with van der Waals surface area (Å²) < 4.78 is 12.7. The van der Waals surface area contributed by atoms with Crippen LogP contribution >= 0.6 is 15.9 Å². The fourth-order valence-electron chi connectivity index (χ4n) is 3.49. The number of carbonyl (C=O) groups excluding carboxylic acids is 1. The van der Waals surface area contributed by atoms with Crippen molar-refractivity contribution in [2.45, 2.75) is 52.5 Å². The fraction of sp³-hybridized carbons (Fsp3) is 0.458. The molecule has 0 aromatic heterocycles. The molecule has 0 bridgehead atoms. The van der Waals surface area contributed by atoms with Crippen molar-refractivity contribution < 1.29 is 14.3 Å². The molecule has 0 saturated carbocycles. The molecular weight excluding hydrogens is 444 g/mol. The Kier molecular flexibility index (Phi) is 7.42. The molecule has 2 aromatic carbocycles. The monoisotopic (exact) mass is 474 g/mol. The van der Waals surface area contributed by atoms with Gasteiger partial charge in [-0.2, -0.15) is 0 Å². The quantitative estimate of drug-likeness (QED) is 0.575. The predicted octanol–water partition coefficient (Wildman–Crippen LogP) is 5.47. The molecule has 1 aliphatic heterocycles. The zero-order valence-electron chi connectivity index (χ0n) is 18.2. The van der Waals surface area contributed by atoms with Gasteiger partial charge in [0.1, 0.15) is 18.0 Å². The summed E-state index contributed by atoms with van der Waals surface area (Å²) in [6.07, 6.45) is -0.234. The third-order valence-corrected chi connectivity index (χ3v) is 5.83. The molecule has 0 unspecified atom stereocenters. The van der Waals surface area contributed by atoms with E-state index in [1.165, 1.54) is 0 Å². The third kappa shape index (κ3) is 6.22. The Labute approximate surface area is 188 Å². The van der Waals surface area contributed by atoms with E-state index >= 15 is 0 Å². The highest BCUT2D eigenvalue weighted by Crippen LogP contribution is 2.30. The Morgan fingerprint density at radius 1 is 1.10 bits per heavy atom. The second-order valence-corrected chi connectivity index (χ2v) is 9.59. The maximum atomic E-state index is 12.4. The number of nitrogens with zero attached hydrogens (tertiary/aromatic N) is 2. The first kappa shape index (κ1) is 22.6. The molecule has 3 rings (SSSR count). The van der Waals surface area contributed by atoms with Crippen LogP contribution in [0.15, 0.2) is 53.0 Å². The minimum Gasteiger partial charge on any atom is -0.489 e. The van der Waals surface area contributed by atoms with Crippen LogP contribution < -0.4 is 4.74 Å². The number of benzene rings is 2. The van der Waals surface area contributed by atoms with Crippen molar-refractivity contribution in [2.75, 3.05) is 19.6 Å². The molecule has 0 N–H and O–H groups in total. The lowest BCUT2D eigenvalue weighted by Crippen LogP contribution is -2.54. The molecule has 1 saturated heterocycles. The first-order valence-corrected chi connectivity index (χ1v) is 11.2. The Balaban J connectivity index is 1.64. The molecule has 1 atom stereocenters. The van der Waals surface area contributed by atoms with Crippen LogP contribution in [0.1, 0.15) is 38.8 Å². The number of piperazine rings is 1. The second-order valence-electron chi connectivity index (χ2n) is 8.74. The van der Waals surface area contributed by atoms with Gasteiger partial charge in [-0.1, -0.05) is 52.3 Å². The summed E-state index contributed by atoms with van der Waals surface area (Å²) in [6.45, 7) is 11.2. The van der Waals surface area contributed by atoms with Gasteiger partial charge in [0, 0.05) is 42.3 Å². The van der Waals surface area contributed by atoms with Crippen LogP contribution in [0.5, 0.6) is 5.75 Å². The number of hydrogen-bond donors (Lipinski definition) is 0. The summed E-state index contributed by atoms with van der Waals surface area (Å²) in [5.74, 6) is 0.884. The molecule has 1 aliphatic rings. The first-order valence-electron chi connectivity index (χ1n) is 10.4. The van der Waals surface area contributed by atoms with Crippen LogP contribution in [0.25, 0.3) is 0 Å². The highest BCUT2D eigenvalue weighted by atomic mass is 79.9. The van der Waals surface area contributed by atoms with E-state index in [0.29, 0.717) is 19.7 Å². The number of halogens is 1. The highest BCUT2D eigenvalue weighted by Gasteiger charge is 2.30. The molecule has 1 heterocycles. The zero-order valence-corrected chi connectivity index (χ0v) is 19.8. The Morgan fingerprint density at radius 2 is 1.83 bits per heavy atom. The van der Waals surface area contributed by atoms with Crippen LogP contribution in [0.4, 0.5) is 4.79 Å². The third-order valence-electron chi connectivity index (χ3n) is 5.09. The largest absolute Gasteiger partial charge is 0.489 e. The number of hydrogen-bond acceptors (Lipinski definition) is 4. The van der Waals surface area contributed by atoms with Crippen LogP contribution in [-0.4, -0.2) is 47.2 Å². The minimum absolute atomic E-state index is 0.223. The van der Waals surface area contributed by atoms with Crippen molar-refractivity contribution in [3.05, 3.63) is 64.1 Å². The van der Waals surface area contributed by atoms with Crippen molar-refractivity contribution >= 4 is 22.0 Å². The molecule has 2 aromatic rings. The SMILES string of the molecule is C[C@H]1CN(C(=O)OC(C)(C)C)CCN1Cc1c(Br)cccc1OCc1ccccc1. The summed E-state index contributed by atoms with van der Waals surface area (Å²) in [4.78, 5) is 16.6. The van der Waals surface area contributed by atoms with Crippen molar-refractivity contribution in [1.82, 2.24) is 9.80 Å². The molecule has 6 heteroatoms. The van der Waals surface area contributed by atoms with Crippen LogP contribution in [0, 0.1) is 0 Å². The van der Waals surface area contributed by atoms with E-state index < -0.39 is 5.60 Å². The number of rotatable bonds is 5. The molecular formula is C24H31BrN2O3. The predicted molar refractivity (Wildman–Crippen MR) is 123 cm³/mol. The smallest absolute Gasteiger partial charge is 0.410 e. The van der Waals surface area contributed by atoms with Gasteiger partial charge in [0.25, 0.3) is 0 Å². The van der Waals surface area contributed by atoms with E-state index in [-0.39, 0.29) is 12.1 Å². The standard InChI is InChI=1S/C24H31BrN2O3/c1-18-15-27(23(28)30-24(2,3)4)14-13-26(18)16-20-21(25)11-8-12-22(20)29-17-19-9-6-5-7-10-19/h5-12,18H,13-17H2,1-4H3/t18-/m0/s1. The van der Waals surface area contributed by atoms with Crippen molar-refractivity contribution in [3.8, 4) is 5.75 Å². The van der Waals surface area contributed by atoms with E-state index in [1.54, 1.807) is 4.90 Å². The lowest BCUT2D eigenvalue weighted by Gasteiger charge is -2.40. The van der Waals surface area contributed by atoms with E-state index in [2.05, 4.69) is 39.9 Å². The van der Waals surface area contributed by atoms with E-state index in [4.69, 9.17) is 9.47 Å². The molecule has 5 nitrogen and oxygen atoms in total. The summed E-state index contributed by atoms with van der Waals surface area (Å²) in [7, 11) is 0. The maximum absolute atomic E-state index is 12.4. The van der Waals surface area contributed by atoms with Gasteiger partial charge >= 0.3 is 6.09 Å². The van der Waals surface area contributed by atoms with Gasteiger partial charge in [-0.15, -0.1) is 0 Å². The van der Waals surface area contributed by atoms with Gasteiger partial charge in [0.05, 0.1) is 0 Å². The van der Waals surface area contributed by atoms with E-state index in [1.807, 2.05) is 57.2 Å². The van der Waals surface area contributed by atoms with Crippen LogP contribution in [0.3, 0.4) is 0 Å². The van der Waals surface area contributed by atoms with Gasteiger partial charge < -0.3 is 14.4 Å². The molecule has 162 valence electrons. The number of carbonyl (C=O) groups is 1. The topological polar surface area (TPSA) is 42.0 Å². The average Bonchev–Trinajstić information content (AvgIpc) is 2.69. The summed E-state index contributed by atoms with van der Waals surface area (Å²) in [5.41, 5.74) is 1.80. The normalized spacial score (nSPS) is 17.6. The molecule has 30 heavy (non-hydrogen) atoms. The zero-order chi connectivity index (χ0) is 21.7. The average molecular weight is 475 g/mol. The number of amides is 1. The summed E-state index contributed by atoms with van der Waals surface area (Å²) in [6, 6.07) is 16.5. The Bertz CT molecular complexity index is 851. The first-order chi connectivity index (χ1) is 14.2. The van der Waals surface area contributed by atoms with Gasteiger partial charge in [0.2, 0.25) is 0 Å². The molecule has 1 amide bonds. The van der Waals surface area contributed by atoms with E-state index in [0.717, 1.165) is 34.4 Å². The summed E-state index contributed by atoms with van der Waals surface area (Å²) in [5, 5.41) is 0. The van der Waals surface area contributed by atoms with Gasteiger partial charge in [0.15, 0.2) is 0 Å². The van der Waals surface area contributed by atoms with Gasteiger partial charge in [-0.3, -0.25) is 4.90 Å². The fourth-order valence-corrected chi connectivity index (χ4v) is 3.96. The maximum Gasteiger partial charge on any atom is 0.410 e. The molecule has 0 radical (unpaired) electrons. The Morgan fingerprint density at radius 3 is 2.50 bits per heavy atom. The minimum atomic E-state index is -0.475. The Hall–Kier alpha value is -2.05. The van der Waals surface area contributed by atoms with E-state index in [9.17, 15) is 4.79 Å². The van der Waals surface area contributed by atoms with Gasteiger partial charge in [-0.25, -0.2) is 4.79 Å². The van der Waals surface area contributed by atoms with Crippen molar-refractivity contribution in [2.24, 2.45) is 0 Å². The van der Waals surface area contributed by atoms with Crippen molar-refractivity contribution in [1.29, 1.82) is 0 Å².